The molecular weight excluding hydrogens is 235 g/mol. The summed E-state index contributed by atoms with van der Waals surface area (Å²) in [7, 11) is 0. The molecule has 0 radical (unpaired) electrons. The summed E-state index contributed by atoms with van der Waals surface area (Å²) in [6, 6.07) is 0. The summed E-state index contributed by atoms with van der Waals surface area (Å²) in [4.78, 5) is 11.5. The van der Waals surface area contributed by atoms with Crippen LogP contribution in [0.5, 0.6) is 0 Å². The summed E-state index contributed by atoms with van der Waals surface area (Å²) in [5, 5.41) is 3.35. The predicted octanol–water partition coefficient (Wildman–Crippen LogP) is 2.64. The largest absolute Gasteiger partial charge is 0.354 e. The molecule has 0 bridgehead atoms. The van der Waals surface area contributed by atoms with Crippen molar-refractivity contribution in [2.24, 2.45) is 11.3 Å². The Morgan fingerprint density at radius 3 is 2.27 bits per heavy atom. The van der Waals surface area contributed by atoms with Crippen LogP contribution in [0.15, 0.2) is 0 Å². The highest BCUT2D eigenvalue weighted by molar-refractivity contribution is 6.31. The molecule has 0 amide bonds. The topological polar surface area (TPSA) is 50.7 Å². The van der Waals surface area contributed by atoms with Crippen LogP contribution >= 0.6 is 23.2 Å². The van der Waals surface area contributed by atoms with E-state index >= 15 is 0 Å². The molecule has 1 saturated carbocycles. The maximum absolute atomic E-state index is 5.65. The van der Waals surface area contributed by atoms with Gasteiger partial charge in [-0.2, -0.15) is 15.0 Å². The quantitative estimate of drug-likeness (QED) is 0.891. The number of hydrogen-bond acceptors (Lipinski definition) is 4. The van der Waals surface area contributed by atoms with Crippen LogP contribution in [0.3, 0.4) is 0 Å². The molecule has 0 aliphatic heterocycles. The molecule has 1 aromatic heterocycles. The minimum absolute atomic E-state index is 0.118. The Hall–Kier alpha value is -0.610. The van der Waals surface area contributed by atoms with Crippen molar-refractivity contribution in [2.45, 2.75) is 20.3 Å². The van der Waals surface area contributed by atoms with E-state index in [1.54, 1.807) is 0 Å². The number of aromatic nitrogens is 3. The molecule has 82 valence electrons. The van der Waals surface area contributed by atoms with Crippen LogP contribution in [-0.4, -0.2) is 21.5 Å². The van der Waals surface area contributed by atoms with Crippen molar-refractivity contribution in [3.63, 3.8) is 0 Å². The van der Waals surface area contributed by atoms with Crippen LogP contribution in [0.2, 0.25) is 10.6 Å². The van der Waals surface area contributed by atoms with E-state index < -0.39 is 0 Å². The molecule has 1 N–H and O–H groups in total. The summed E-state index contributed by atoms with van der Waals surface area (Å²) in [6.07, 6.45) is 1.23. The number of hydrogen-bond donors (Lipinski definition) is 1. The molecule has 0 aromatic carbocycles. The summed E-state index contributed by atoms with van der Waals surface area (Å²) in [5.74, 6) is 1.12. The fraction of sp³-hybridized carbons (Fsp3) is 0.667. The van der Waals surface area contributed by atoms with Crippen molar-refractivity contribution in [2.75, 3.05) is 11.9 Å². The van der Waals surface area contributed by atoms with Gasteiger partial charge in [0.2, 0.25) is 16.5 Å². The number of rotatable bonds is 3. The Bertz CT molecular complexity index is 360. The zero-order valence-electron chi connectivity index (χ0n) is 8.59. The highest BCUT2D eigenvalue weighted by atomic mass is 35.5. The van der Waals surface area contributed by atoms with Gasteiger partial charge < -0.3 is 5.32 Å². The van der Waals surface area contributed by atoms with Gasteiger partial charge in [0.25, 0.3) is 0 Å². The van der Waals surface area contributed by atoms with E-state index in [1.165, 1.54) is 6.42 Å². The molecule has 0 saturated heterocycles. The first-order valence-corrected chi connectivity index (χ1v) is 5.54. The Labute approximate surface area is 98.4 Å². The number of nitrogens with one attached hydrogen (secondary N) is 1. The molecule has 4 nitrogen and oxygen atoms in total. The van der Waals surface area contributed by atoms with E-state index in [4.69, 9.17) is 23.2 Å². The molecule has 6 heteroatoms. The van der Waals surface area contributed by atoms with E-state index in [9.17, 15) is 0 Å². The van der Waals surface area contributed by atoms with Crippen molar-refractivity contribution >= 4 is 29.2 Å². The van der Waals surface area contributed by atoms with Gasteiger partial charge in [0, 0.05) is 6.54 Å². The molecule has 0 spiro atoms. The van der Waals surface area contributed by atoms with Crippen molar-refractivity contribution in [1.29, 1.82) is 0 Å². The highest BCUT2D eigenvalue weighted by Gasteiger charge is 2.45. The van der Waals surface area contributed by atoms with Crippen LogP contribution < -0.4 is 5.32 Å². The minimum atomic E-state index is 0.118. The second-order valence-electron chi connectivity index (χ2n) is 4.47. The lowest BCUT2D eigenvalue weighted by atomic mass is 10.1. The molecule has 1 fully saturated rings. The van der Waals surface area contributed by atoms with Gasteiger partial charge in [0.15, 0.2) is 0 Å². The number of anilines is 1. The summed E-state index contributed by atoms with van der Waals surface area (Å²) < 4.78 is 0. The van der Waals surface area contributed by atoms with Gasteiger partial charge in [0.1, 0.15) is 0 Å². The highest BCUT2D eigenvalue weighted by Crippen LogP contribution is 2.51. The Morgan fingerprint density at radius 1 is 1.27 bits per heavy atom. The summed E-state index contributed by atoms with van der Waals surface area (Å²) >= 11 is 11.3. The van der Waals surface area contributed by atoms with E-state index in [-0.39, 0.29) is 10.6 Å². The Kier molecular flexibility index (Phi) is 2.73. The van der Waals surface area contributed by atoms with Crippen molar-refractivity contribution in [1.82, 2.24) is 15.0 Å². The van der Waals surface area contributed by atoms with E-state index in [0.29, 0.717) is 17.3 Å². The molecule has 1 atom stereocenters. The maximum atomic E-state index is 5.65. The second kappa shape index (κ2) is 3.76. The summed E-state index contributed by atoms with van der Waals surface area (Å²) in [5.41, 5.74) is 0.438. The van der Waals surface area contributed by atoms with Gasteiger partial charge in [0.05, 0.1) is 0 Å². The van der Waals surface area contributed by atoms with Gasteiger partial charge in [-0.05, 0) is 41.0 Å². The predicted molar refractivity (Wildman–Crippen MR) is 60.2 cm³/mol. The molecule has 1 heterocycles. The zero-order valence-corrected chi connectivity index (χ0v) is 10.1. The van der Waals surface area contributed by atoms with E-state index in [0.717, 1.165) is 6.54 Å². The van der Waals surface area contributed by atoms with Crippen molar-refractivity contribution in [3.8, 4) is 0 Å². The SMILES string of the molecule is CC1(C)CC1CNc1nc(Cl)nc(Cl)n1. The average molecular weight is 247 g/mol. The van der Waals surface area contributed by atoms with E-state index in [1.807, 2.05) is 0 Å². The zero-order chi connectivity index (χ0) is 11.1. The molecular formula is C9H12Cl2N4. The van der Waals surface area contributed by atoms with Crippen LogP contribution in [-0.2, 0) is 0 Å². The number of halogens is 2. The van der Waals surface area contributed by atoms with Crippen LogP contribution in [0.1, 0.15) is 20.3 Å². The first-order valence-electron chi connectivity index (χ1n) is 4.78. The monoisotopic (exact) mass is 246 g/mol. The molecule has 15 heavy (non-hydrogen) atoms. The first kappa shape index (κ1) is 10.9. The summed E-state index contributed by atoms with van der Waals surface area (Å²) in [6.45, 7) is 5.34. The lowest BCUT2D eigenvalue weighted by Crippen LogP contribution is -2.10. The lowest BCUT2D eigenvalue weighted by molar-refractivity contribution is 0.572. The van der Waals surface area contributed by atoms with Gasteiger partial charge in [-0.1, -0.05) is 13.8 Å². The van der Waals surface area contributed by atoms with Crippen molar-refractivity contribution < 1.29 is 0 Å². The Morgan fingerprint density at radius 2 is 1.80 bits per heavy atom. The third-order valence-corrected chi connectivity index (χ3v) is 3.14. The number of nitrogens with zero attached hydrogens (tertiary/aromatic N) is 3. The van der Waals surface area contributed by atoms with Gasteiger partial charge >= 0.3 is 0 Å². The smallest absolute Gasteiger partial charge is 0.228 e. The minimum Gasteiger partial charge on any atom is -0.354 e. The second-order valence-corrected chi connectivity index (χ2v) is 5.14. The molecule has 2 rings (SSSR count). The van der Waals surface area contributed by atoms with Gasteiger partial charge in [-0.15, -0.1) is 0 Å². The van der Waals surface area contributed by atoms with Crippen LogP contribution in [0, 0.1) is 11.3 Å². The van der Waals surface area contributed by atoms with Crippen molar-refractivity contribution in [3.05, 3.63) is 10.6 Å². The first-order chi connectivity index (χ1) is 6.97. The van der Waals surface area contributed by atoms with E-state index in [2.05, 4.69) is 34.1 Å². The third kappa shape index (κ3) is 2.69. The maximum Gasteiger partial charge on any atom is 0.228 e. The molecule has 1 aliphatic rings. The van der Waals surface area contributed by atoms with Gasteiger partial charge in [-0.25, -0.2) is 0 Å². The van der Waals surface area contributed by atoms with Crippen LogP contribution in [0.4, 0.5) is 5.95 Å². The average Bonchev–Trinajstić information content (AvgIpc) is 2.69. The standard InChI is InChI=1S/C9H12Cl2N4/c1-9(2)3-5(9)4-12-8-14-6(10)13-7(11)15-8/h5H,3-4H2,1-2H3,(H,12,13,14,15). The molecule has 1 unspecified atom stereocenters. The lowest BCUT2D eigenvalue weighted by Gasteiger charge is -2.05. The van der Waals surface area contributed by atoms with Crippen LogP contribution in [0.25, 0.3) is 0 Å². The third-order valence-electron chi connectivity index (χ3n) is 2.80. The normalized spacial score (nSPS) is 22.5. The molecule has 1 aliphatic carbocycles. The molecule has 1 aromatic rings. The van der Waals surface area contributed by atoms with Gasteiger partial charge in [-0.3, -0.25) is 0 Å². The Balaban J connectivity index is 1.94. The fourth-order valence-corrected chi connectivity index (χ4v) is 1.91. The fourth-order valence-electron chi connectivity index (χ4n) is 1.54.